The van der Waals surface area contributed by atoms with Gasteiger partial charge in [-0.25, -0.2) is 0 Å². The van der Waals surface area contributed by atoms with Crippen LogP contribution >= 0.6 is 15.8 Å². The fourth-order valence-electron chi connectivity index (χ4n) is 2.77. The van der Waals surface area contributed by atoms with E-state index in [1.807, 2.05) is 0 Å². The van der Waals surface area contributed by atoms with Gasteiger partial charge in [0.1, 0.15) is 0 Å². The van der Waals surface area contributed by atoms with Crippen LogP contribution in [-0.2, 0) is 20.1 Å². The van der Waals surface area contributed by atoms with Crippen molar-refractivity contribution in [1.29, 1.82) is 0 Å². The standard InChI is InChI=1S/C16H37NP2.ClH.Ir.2H2/c1-13(2)18(14(3)4)11-9-17-10-12-19(15(5)6)16(7)8;;;;/h13-17H,9-12H2,1-8H3;1H;;2*1H/p-1. The third-order valence-corrected chi connectivity index (χ3v) is 10.5. The van der Waals surface area contributed by atoms with E-state index in [1.54, 1.807) is 0 Å². The third kappa shape index (κ3) is 12.8. The maximum absolute atomic E-state index is 3.70. The molecular weight excluding hydrogens is 496 g/mol. The summed E-state index contributed by atoms with van der Waals surface area (Å²) in [6.07, 6.45) is 2.79. The molecule has 0 rings (SSSR count). The first-order valence-corrected chi connectivity index (χ1v) is 11.3. The maximum atomic E-state index is 3.70. The minimum Gasteiger partial charge on any atom is -1.00 e. The molecule has 0 aliphatic heterocycles. The zero-order valence-corrected chi connectivity index (χ0v) is 20.2. The smallest absolute Gasteiger partial charge is 0 e. The monoisotopic (exact) mass is 537 g/mol. The zero-order chi connectivity index (χ0) is 15.0. The largest absolute Gasteiger partial charge is 1.00 e. The van der Waals surface area contributed by atoms with Crippen molar-refractivity contribution in [3.8, 4) is 0 Å². The minimum absolute atomic E-state index is 0. The molecule has 0 atom stereocenters. The minimum atomic E-state index is 0. The summed E-state index contributed by atoms with van der Waals surface area (Å²) in [5.74, 6) is 0. The second kappa shape index (κ2) is 15.3. The predicted molar refractivity (Wildman–Crippen MR) is 101 cm³/mol. The molecule has 0 aliphatic carbocycles. The van der Waals surface area contributed by atoms with Crippen molar-refractivity contribution < 1.29 is 35.4 Å². The van der Waals surface area contributed by atoms with Gasteiger partial charge in [-0.05, 0) is 48.0 Å². The van der Waals surface area contributed by atoms with Crippen LogP contribution in [0.15, 0.2) is 0 Å². The van der Waals surface area contributed by atoms with Crippen LogP contribution in [-0.4, -0.2) is 48.0 Å². The molecule has 1 radical (unpaired) electrons. The molecule has 0 saturated carbocycles. The van der Waals surface area contributed by atoms with Crippen molar-refractivity contribution in [2.45, 2.75) is 78.0 Å². The van der Waals surface area contributed by atoms with Crippen molar-refractivity contribution >= 4 is 15.8 Å². The zero-order valence-electron chi connectivity index (χ0n) is 15.2. The normalized spacial score (nSPS) is 11.7. The fourth-order valence-corrected chi connectivity index (χ4v) is 8.05. The van der Waals surface area contributed by atoms with Gasteiger partial charge in [0, 0.05) is 23.0 Å². The first kappa shape index (κ1) is 27.6. The first-order chi connectivity index (χ1) is 8.77. The molecule has 0 fully saturated rings. The number of hydrogen-bond acceptors (Lipinski definition) is 1. The second-order valence-electron chi connectivity index (χ2n) is 6.60. The van der Waals surface area contributed by atoms with E-state index < -0.39 is 0 Å². The average molecular weight is 537 g/mol. The molecule has 0 spiro atoms. The maximum Gasteiger partial charge on any atom is 0 e. The van der Waals surface area contributed by atoms with Crippen LogP contribution < -0.4 is 17.7 Å². The molecule has 0 bridgehead atoms. The summed E-state index contributed by atoms with van der Waals surface area (Å²) in [5, 5.41) is 3.70. The molecule has 0 aromatic rings. The Morgan fingerprint density at radius 1 is 0.667 bits per heavy atom. The van der Waals surface area contributed by atoms with Crippen LogP contribution in [0.3, 0.4) is 0 Å². The predicted octanol–water partition coefficient (Wildman–Crippen LogP) is 2.67. The number of hydrogen-bond donors (Lipinski definition) is 1. The summed E-state index contributed by atoms with van der Waals surface area (Å²) < 4.78 is 0. The van der Waals surface area contributed by atoms with E-state index in [4.69, 9.17) is 0 Å². The Balaban J connectivity index is -0.000000270. The Bertz CT molecular complexity index is 198. The quantitative estimate of drug-likeness (QED) is 0.334. The van der Waals surface area contributed by atoms with Gasteiger partial charge in [-0.3, -0.25) is 0 Å². The Morgan fingerprint density at radius 3 is 1.10 bits per heavy atom. The van der Waals surface area contributed by atoms with Gasteiger partial charge in [0.05, 0.1) is 0 Å². The first-order valence-electron chi connectivity index (χ1n) is 7.99. The topological polar surface area (TPSA) is 12.0 Å². The Kier molecular flexibility index (Phi) is 20.1. The fraction of sp³-hybridized carbons (Fsp3) is 1.00. The molecule has 0 unspecified atom stereocenters. The molecule has 0 amide bonds. The molecule has 5 heteroatoms. The van der Waals surface area contributed by atoms with E-state index >= 15 is 0 Å². The van der Waals surface area contributed by atoms with Crippen LogP contribution in [0.5, 0.6) is 0 Å². The molecule has 0 saturated heterocycles. The van der Waals surface area contributed by atoms with Crippen molar-refractivity contribution in [2.24, 2.45) is 0 Å². The van der Waals surface area contributed by atoms with Crippen LogP contribution in [0.1, 0.15) is 58.2 Å². The summed E-state index contributed by atoms with van der Waals surface area (Å²) in [6.45, 7) is 21.6. The molecule has 0 aromatic heterocycles. The van der Waals surface area contributed by atoms with E-state index in [-0.39, 0.29) is 51.2 Å². The van der Waals surface area contributed by atoms with Crippen LogP contribution in [0.4, 0.5) is 0 Å². The summed E-state index contributed by atoms with van der Waals surface area (Å²) >= 11 is 0. The summed E-state index contributed by atoms with van der Waals surface area (Å²) in [4.78, 5) is 0. The third-order valence-electron chi connectivity index (χ3n) is 3.75. The van der Waals surface area contributed by atoms with Gasteiger partial charge in [-0.1, -0.05) is 55.4 Å². The van der Waals surface area contributed by atoms with Crippen LogP contribution in [0.25, 0.3) is 0 Å². The van der Waals surface area contributed by atoms with Gasteiger partial charge >= 0.3 is 0 Å². The Hall–Kier alpha value is 1.76. The van der Waals surface area contributed by atoms with Crippen LogP contribution in [0, 0.1) is 0 Å². The average Bonchev–Trinajstić information content (AvgIpc) is 2.25. The van der Waals surface area contributed by atoms with Crippen molar-refractivity contribution in [2.75, 3.05) is 25.4 Å². The SMILES string of the molecule is CC(C)P(CCNCCP(C(C)C)C(C)C)C(C)C.[Cl-].[HH].[HH].[Ir]. The molecule has 0 aliphatic rings. The Morgan fingerprint density at radius 2 is 0.905 bits per heavy atom. The van der Waals surface area contributed by atoms with E-state index in [2.05, 4.69) is 60.7 Å². The van der Waals surface area contributed by atoms with Gasteiger partial charge in [0.25, 0.3) is 0 Å². The van der Waals surface area contributed by atoms with E-state index in [9.17, 15) is 0 Å². The van der Waals surface area contributed by atoms with E-state index in [1.165, 1.54) is 25.4 Å². The number of halogens is 1. The number of rotatable bonds is 10. The van der Waals surface area contributed by atoms with Crippen molar-refractivity contribution in [3.63, 3.8) is 0 Å². The molecule has 0 heterocycles. The molecule has 21 heavy (non-hydrogen) atoms. The molecule has 0 aromatic carbocycles. The molecule has 1 nitrogen and oxygen atoms in total. The van der Waals surface area contributed by atoms with Gasteiger partial charge in [-0.15, -0.1) is 15.8 Å². The van der Waals surface area contributed by atoms with Gasteiger partial charge in [0.15, 0.2) is 0 Å². The van der Waals surface area contributed by atoms with Crippen molar-refractivity contribution in [1.82, 2.24) is 5.32 Å². The molecule has 137 valence electrons. The molecular formula is C16H41ClIrNP2-. The van der Waals surface area contributed by atoms with Gasteiger partial charge in [0.2, 0.25) is 0 Å². The van der Waals surface area contributed by atoms with Crippen LogP contribution in [0.2, 0.25) is 0 Å². The summed E-state index contributed by atoms with van der Waals surface area (Å²) in [6, 6.07) is 0. The number of nitrogens with one attached hydrogen (secondary N) is 1. The summed E-state index contributed by atoms with van der Waals surface area (Å²) in [5.41, 5.74) is 3.50. The van der Waals surface area contributed by atoms with Gasteiger partial charge in [-0.2, -0.15) is 0 Å². The second-order valence-corrected chi connectivity index (χ2v) is 13.7. The van der Waals surface area contributed by atoms with Crippen molar-refractivity contribution in [3.05, 3.63) is 0 Å². The van der Waals surface area contributed by atoms with Gasteiger partial charge < -0.3 is 17.7 Å². The summed E-state index contributed by atoms with van der Waals surface area (Å²) in [7, 11) is 0.415. The Labute approximate surface area is 159 Å². The van der Waals surface area contributed by atoms with E-state index in [0.717, 1.165) is 22.6 Å². The van der Waals surface area contributed by atoms with E-state index in [0.29, 0.717) is 0 Å². The molecule has 1 N–H and O–H groups in total.